The van der Waals surface area contributed by atoms with Gasteiger partial charge in [-0.05, 0) is 37.1 Å². The lowest BCUT2D eigenvalue weighted by molar-refractivity contribution is -0.137. The van der Waals surface area contributed by atoms with Crippen LogP contribution in [0.3, 0.4) is 0 Å². The molecule has 0 radical (unpaired) electrons. The lowest BCUT2D eigenvalue weighted by Crippen LogP contribution is -2.38. The van der Waals surface area contributed by atoms with Gasteiger partial charge in [0.05, 0.1) is 11.3 Å². The Morgan fingerprint density at radius 2 is 1.90 bits per heavy atom. The number of nitrogens with one attached hydrogen (secondary N) is 1. The van der Waals surface area contributed by atoms with Gasteiger partial charge in [-0.15, -0.1) is 24.0 Å². The van der Waals surface area contributed by atoms with Crippen LogP contribution in [0.4, 0.5) is 13.2 Å². The molecule has 0 unspecified atom stereocenters. The van der Waals surface area contributed by atoms with Crippen LogP contribution in [0.25, 0.3) is 0 Å². The summed E-state index contributed by atoms with van der Waals surface area (Å²) in [6.07, 6.45) is -2.33. The maximum absolute atomic E-state index is 12.6. The number of aromatic nitrogens is 2. The average Bonchev–Trinajstić information content (AvgIpc) is 3.04. The molecule has 170 valence electrons. The summed E-state index contributed by atoms with van der Waals surface area (Å²) in [5.74, 6) is 6.78. The van der Waals surface area contributed by atoms with Gasteiger partial charge in [0.1, 0.15) is 6.54 Å². The number of benzene rings is 1. The van der Waals surface area contributed by atoms with Crippen molar-refractivity contribution >= 4 is 29.9 Å². The van der Waals surface area contributed by atoms with E-state index < -0.39 is 11.7 Å². The molecule has 0 aliphatic heterocycles. The molecule has 1 heterocycles. The first kappa shape index (κ1) is 26.8. The Labute approximate surface area is 199 Å². The van der Waals surface area contributed by atoms with Crippen molar-refractivity contribution in [2.75, 3.05) is 20.1 Å². The maximum Gasteiger partial charge on any atom is 0.416 e. The van der Waals surface area contributed by atoms with E-state index in [0.717, 1.165) is 23.4 Å². The molecule has 0 atom stereocenters. The van der Waals surface area contributed by atoms with E-state index in [9.17, 15) is 13.2 Å². The largest absolute Gasteiger partial charge is 0.416 e. The van der Waals surface area contributed by atoms with Crippen molar-refractivity contribution in [1.29, 1.82) is 0 Å². The second kappa shape index (κ2) is 12.0. The highest BCUT2D eigenvalue weighted by atomic mass is 127. The summed E-state index contributed by atoms with van der Waals surface area (Å²) in [5, 5.41) is 7.77. The molecule has 0 saturated carbocycles. The minimum absolute atomic E-state index is 0. The molecule has 1 aromatic heterocycles. The fraction of sp³-hybridized carbons (Fsp3) is 0.455. The monoisotopic (exact) mass is 547 g/mol. The Morgan fingerprint density at radius 3 is 2.45 bits per heavy atom. The number of guanidine groups is 1. The van der Waals surface area contributed by atoms with E-state index in [2.05, 4.69) is 41.1 Å². The third-order valence-corrected chi connectivity index (χ3v) is 4.34. The molecule has 2 aromatic rings. The maximum atomic E-state index is 12.6. The van der Waals surface area contributed by atoms with Crippen LogP contribution in [0, 0.1) is 11.8 Å². The van der Waals surface area contributed by atoms with Gasteiger partial charge in [-0.2, -0.15) is 18.3 Å². The van der Waals surface area contributed by atoms with Crippen molar-refractivity contribution in [3.8, 4) is 11.8 Å². The summed E-state index contributed by atoms with van der Waals surface area (Å²) in [7, 11) is 3.85. The molecule has 1 N–H and O–H groups in total. The Morgan fingerprint density at radius 1 is 1.26 bits per heavy atom. The zero-order chi connectivity index (χ0) is 22.3. The van der Waals surface area contributed by atoms with Crippen molar-refractivity contribution in [2.24, 2.45) is 12.0 Å². The van der Waals surface area contributed by atoms with Gasteiger partial charge in [-0.1, -0.05) is 25.7 Å². The summed E-state index contributed by atoms with van der Waals surface area (Å²) in [5.41, 5.74) is 2.03. The van der Waals surface area contributed by atoms with Crippen molar-refractivity contribution in [3.63, 3.8) is 0 Å². The first-order valence-corrected chi connectivity index (χ1v) is 9.79. The van der Waals surface area contributed by atoms with E-state index in [-0.39, 0.29) is 30.5 Å². The van der Waals surface area contributed by atoms with Gasteiger partial charge in [0.2, 0.25) is 0 Å². The van der Waals surface area contributed by atoms with Gasteiger partial charge < -0.3 is 10.2 Å². The normalized spacial score (nSPS) is 11.6. The summed E-state index contributed by atoms with van der Waals surface area (Å²) < 4.78 is 39.7. The van der Waals surface area contributed by atoms with Crippen molar-refractivity contribution in [1.82, 2.24) is 20.0 Å². The Balaban J connectivity index is 0.00000480. The summed E-state index contributed by atoms with van der Waals surface area (Å²) in [6, 6.07) is 4.80. The Bertz CT molecular complexity index is 921. The van der Waals surface area contributed by atoms with E-state index in [1.807, 2.05) is 36.8 Å². The van der Waals surface area contributed by atoms with Gasteiger partial charge in [0, 0.05) is 44.5 Å². The number of alkyl halides is 3. The van der Waals surface area contributed by atoms with Crippen LogP contribution in [0.2, 0.25) is 0 Å². The highest BCUT2D eigenvalue weighted by molar-refractivity contribution is 14.0. The molecule has 5 nitrogen and oxygen atoms in total. The second-order valence-electron chi connectivity index (χ2n) is 7.27. The number of aryl methyl sites for hydroxylation is 1. The van der Waals surface area contributed by atoms with Crippen molar-refractivity contribution in [2.45, 2.75) is 39.4 Å². The lowest BCUT2D eigenvalue weighted by atomic mass is 10.1. The molecule has 31 heavy (non-hydrogen) atoms. The number of hydrogen-bond acceptors (Lipinski definition) is 2. The van der Waals surface area contributed by atoms with E-state index >= 15 is 0 Å². The fourth-order valence-electron chi connectivity index (χ4n) is 2.96. The van der Waals surface area contributed by atoms with Crippen LogP contribution >= 0.6 is 24.0 Å². The number of halogens is 4. The fourth-order valence-corrected chi connectivity index (χ4v) is 2.96. The molecule has 0 spiro atoms. The van der Waals surface area contributed by atoms with Gasteiger partial charge in [-0.25, -0.2) is 4.99 Å². The van der Waals surface area contributed by atoms with Crippen molar-refractivity contribution < 1.29 is 13.2 Å². The number of hydrogen-bond donors (Lipinski definition) is 1. The molecule has 0 aliphatic rings. The first-order valence-electron chi connectivity index (χ1n) is 9.79. The molecule has 9 heteroatoms. The van der Waals surface area contributed by atoms with Crippen molar-refractivity contribution in [3.05, 3.63) is 52.8 Å². The molecule has 0 fully saturated rings. The van der Waals surface area contributed by atoms with E-state index in [1.54, 1.807) is 0 Å². The lowest BCUT2D eigenvalue weighted by Gasteiger charge is -2.22. The van der Waals surface area contributed by atoms with Gasteiger partial charge in [-0.3, -0.25) is 4.68 Å². The third-order valence-electron chi connectivity index (χ3n) is 4.34. The highest BCUT2D eigenvalue weighted by Gasteiger charge is 2.29. The molecule has 0 amide bonds. The third kappa shape index (κ3) is 8.09. The Hall–Kier alpha value is -2.22. The number of rotatable bonds is 5. The first-order chi connectivity index (χ1) is 14.1. The van der Waals surface area contributed by atoms with Crippen LogP contribution in [0.15, 0.2) is 35.5 Å². The zero-order valence-corrected chi connectivity index (χ0v) is 20.7. The van der Waals surface area contributed by atoms with E-state index in [1.165, 1.54) is 12.1 Å². The van der Waals surface area contributed by atoms with Crippen LogP contribution in [-0.4, -0.2) is 40.8 Å². The molecular weight excluding hydrogens is 518 g/mol. The standard InChI is InChI=1S/C22H28F3N5.HI/c1-6-26-21(29(4)14-18-15-30(5)28-20(18)16(2)3)27-13-7-8-17-9-11-19(12-10-17)22(23,24)25;/h9-12,15-16H,6,13-14H2,1-5H3,(H,26,27);1H. The second-order valence-corrected chi connectivity index (χ2v) is 7.27. The Kier molecular flexibility index (Phi) is 10.4. The topological polar surface area (TPSA) is 45.5 Å². The number of aliphatic imine (C=N–C) groups is 1. The predicted molar refractivity (Wildman–Crippen MR) is 128 cm³/mol. The molecule has 1 aromatic carbocycles. The minimum atomic E-state index is -4.34. The molecule has 2 rings (SSSR count). The quantitative estimate of drug-likeness (QED) is 0.257. The highest BCUT2D eigenvalue weighted by Crippen LogP contribution is 2.28. The van der Waals surface area contributed by atoms with Gasteiger partial charge >= 0.3 is 6.18 Å². The van der Waals surface area contributed by atoms with Gasteiger partial charge in [0.15, 0.2) is 5.96 Å². The number of nitrogens with zero attached hydrogens (tertiary/aromatic N) is 4. The van der Waals surface area contributed by atoms with Crippen LogP contribution in [0.1, 0.15) is 49.1 Å². The SMILES string of the molecule is CCNC(=NCC#Cc1ccc(C(F)(F)F)cc1)N(C)Cc1cn(C)nc1C(C)C.I. The van der Waals surface area contributed by atoms with Crippen LogP contribution in [-0.2, 0) is 19.8 Å². The minimum Gasteiger partial charge on any atom is -0.356 e. The summed E-state index contributed by atoms with van der Waals surface area (Å²) in [4.78, 5) is 6.52. The molecule has 0 bridgehead atoms. The molecular formula is C22H29F3IN5. The van der Waals surface area contributed by atoms with Crippen LogP contribution in [0.5, 0.6) is 0 Å². The molecule has 0 saturated heterocycles. The predicted octanol–water partition coefficient (Wildman–Crippen LogP) is 4.63. The average molecular weight is 547 g/mol. The summed E-state index contributed by atoms with van der Waals surface area (Å²) in [6.45, 7) is 7.81. The summed E-state index contributed by atoms with van der Waals surface area (Å²) >= 11 is 0. The van der Waals surface area contributed by atoms with E-state index in [4.69, 9.17) is 0 Å². The van der Waals surface area contributed by atoms with Gasteiger partial charge in [0.25, 0.3) is 0 Å². The van der Waals surface area contributed by atoms with Crippen LogP contribution < -0.4 is 5.32 Å². The zero-order valence-electron chi connectivity index (χ0n) is 18.4. The smallest absolute Gasteiger partial charge is 0.356 e. The molecule has 0 aliphatic carbocycles. The van der Waals surface area contributed by atoms with E-state index in [0.29, 0.717) is 30.5 Å².